The van der Waals surface area contributed by atoms with Gasteiger partial charge in [-0.3, -0.25) is 5.10 Å². The van der Waals surface area contributed by atoms with Gasteiger partial charge in [0.2, 0.25) is 0 Å². The fraction of sp³-hybridized carbons (Fsp3) is 0.267. The third kappa shape index (κ3) is 2.21. The van der Waals surface area contributed by atoms with Crippen LogP contribution in [0.4, 0.5) is 0 Å². The molecule has 0 atom stereocenters. The van der Waals surface area contributed by atoms with E-state index in [2.05, 4.69) is 47.3 Å². The van der Waals surface area contributed by atoms with Crippen LogP contribution in [0.25, 0.3) is 17.1 Å². The molecule has 5 nitrogen and oxygen atoms in total. The highest BCUT2D eigenvalue weighted by molar-refractivity contribution is 7.71. The topological polar surface area (TPSA) is 51.4 Å². The van der Waals surface area contributed by atoms with E-state index in [4.69, 9.17) is 12.2 Å². The Bertz CT molecular complexity index is 869. The molecule has 6 heteroatoms. The molecule has 21 heavy (non-hydrogen) atoms. The quantitative estimate of drug-likeness (QED) is 0.739. The molecule has 0 aliphatic heterocycles. The standard InChI is InChI=1S/C15H17N5S/c1-9-5-6-12(7-10(9)2)20-11(3)13(8-16-20)14-17-18-15(21)19(14)4/h5-8H,1-4H3,(H,18,21). The van der Waals surface area contributed by atoms with Crippen molar-refractivity contribution in [3.8, 4) is 17.1 Å². The summed E-state index contributed by atoms with van der Waals surface area (Å²) in [6.07, 6.45) is 1.83. The molecule has 0 fully saturated rings. The van der Waals surface area contributed by atoms with Crippen LogP contribution in [0.1, 0.15) is 16.8 Å². The van der Waals surface area contributed by atoms with Gasteiger partial charge in [0.1, 0.15) is 0 Å². The van der Waals surface area contributed by atoms with Crippen molar-refractivity contribution >= 4 is 12.2 Å². The van der Waals surface area contributed by atoms with Crippen LogP contribution >= 0.6 is 12.2 Å². The molecule has 3 rings (SSSR count). The fourth-order valence-corrected chi connectivity index (χ4v) is 2.47. The third-order valence-electron chi connectivity index (χ3n) is 3.87. The average molecular weight is 299 g/mol. The molecule has 2 heterocycles. The molecule has 0 bridgehead atoms. The van der Waals surface area contributed by atoms with E-state index in [1.54, 1.807) is 0 Å². The molecule has 0 unspecified atom stereocenters. The first-order chi connectivity index (χ1) is 9.99. The highest BCUT2D eigenvalue weighted by Crippen LogP contribution is 2.23. The lowest BCUT2D eigenvalue weighted by atomic mass is 10.1. The van der Waals surface area contributed by atoms with Crippen molar-refractivity contribution in [2.75, 3.05) is 0 Å². The van der Waals surface area contributed by atoms with Gasteiger partial charge in [0.25, 0.3) is 0 Å². The summed E-state index contributed by atoms with van der Waals surface area (Å²) in [7, 11) is 1.90. The molecule has 0 aliphatic rings. The second-order valence-corrected chi connectivity index (χ2v) is 5.62. The van der Waals surface area contributed by atoms with Gasteiger partial charge in [0.05, 0.1) is 23.1 Å². The number of hydrogen-bond donors (Lipinski definition) is 1. The number of aryl methyl sites for hydroxylation is 2. The van der Waals surface area contributed by atoms with Gasteiger partial charge in [-0.15, -0.1) is 0 Å². The largest absolute Gasteiger partial charge is 0.303 e. The predicted molar refractivity (Wildman–Crippen MR) is 85.2 cm³/mol. The summed E-state index contributed by atoms with van der Waals surface area (Å²) in [6.45, 7) is 6.25. The van der Waals surface area contributed by atoms with Gasteiger partial charge in [-0.25, -0.2) is 4.68 Å². The maximum Gasteiger partial charge on any atom is 0.195 e. The normalized spacial score (nSPS) is 11.0. The van der Waals surface area contributed by atoms with Gasteiger partial charge in [-0.2, -0.15) is 10.2 Å². The van der Waals surface area contributed by atoms with Crippen molar-refractivity contribution in [3.05, 3.63) is 46.0 Å². The lowest BCUT2D eigenvalue weighted by Gasteiger charge is -2.08. The van der Waals surface area contributed by atoms with E-state index >= 15 is 0 Å². The van der Waals surface area contributed by atoms with E-state index in [-0.39, 0.29) is 0 Å². The van der Waals surface area contributed by atoms with Gasteiger partial charge in [-0.1, -0.05) is 6.07 Å². The monoisotopic (exact) mass is 299 g/mol. The fourth-order valence-electron chi connectivity index (χ4n) is 2.33. The van der Waals surface area contributed by atoms with Gasteiger partial charge in [0.15, 0.2) is 10.6 Å². The van der Waals surface area contributed by atoms with Crippen molar-refractivity contribution in [1.82, 2.24) is 24.5 Å². The minimum absolute atomic E-state index is 0.600. The van der Waals surface area contributed by atoms with Crippen LogP contribution in [-0.4, -0.2) is 24.5 Å². The van der Waals surface area contributed by atoms with E-state index in [1.165, 1.54) is 11.1 Å². The van der Waals surface area contributed by atoms with Crippen LogP contribution in [0, 0.1) is 25.5 Å². The molecular formula is C15H17N5S. The summed E-state index contributed by atoms with van der Waals surface area (Å²) in [5.41, 5.74) is 5.59. The summed E-state index contributed by atoms with van der Waals surface area (Å²) in [6, 6.07) is 6.33. The minimum Gasteiger partial charge on any atom is -0.303 e. The maximum atomic E-state index is 5.17. The second-order valence-electron chi connectivity index (χ2n) is 5.24. The average Bonchev–Trinajstić information content (AvgIpc) is 2.98. The third-order valence-corrected chi connectivity index (χ3v) is 4.23. The van der Waals surface area contributed by atoms with Crippen LogP contribution in [0.3, 0.4) is 0 Å². The molecule has 0 aliphatic carbocycles. The van der Waals surface area contributed by atoms with Crippen LogP contribution in [0.5, 0.6) is 0 Å². The van der Waals surface area contributed by atoms with E-state index in [0.29, 0.717) is 4.77 Å². The molecule has 1 aromatic carbocycles. The van der Waals surface area contributed by atoms with Crippen molar-refractivity contribution in [3.63, 3.8) is 0 Å². The molecular weight excluding hydrogens is 282 g/mol. The lowest BCUT2D eigenvalue weighted by molar-refractivity contribution is 0.844. The SMILES string of the molecule is Cc1ccc(-n2ncc(-c3n[nH]c(=S)n3C)c2C)cc1C. The summed E-state index contributed by atoms with van der Waals surface area (Å²) >= 11 is 5.17. The Morgan fingerprint density at radius 2 is 1.90 bits per heavy atom. The molecule has 1 N–H and O–H groups in total. The highest BCUT2D eigenvalue weighted by atomic mass is 32.1. The second kappa shape index (κ2) is 4.96. The Hall–Kier alpha value is -2.21. The predicted octanol–water partition coefficient (Wildman–Crippen LogP) is 3.26. The van der Waals surface area contributed by atoms with E-state index in [9.17, 15) is 0 Å². The molecule has 0 radical (unpaired) electrons. The number of nitrogens with one attached hydrogen (secondary N) is 1. The number of rotatable bonds is 2. The maximum absolute atomic E-state index is 5.17. The van der Waals surface area contributed by atoms with Crippen LogP contribution in [0.2, 0.25) is 0 Å². The number of benzene rings is 1. The first kappa shape index (κ1) is 13.8. The molecule has 2 aromatic heterocycles. The van der Waals surface area contributed by atoms with Crippen molar-refractivity contribution < 1.29 is 0 Å². The van der Waals surface area contributed by atoms with Gasteiger partial charge in [-0.05, 0) is 56.2 Å². The van der Waals surface area contributed by atoms with Crippen molar-refractivity contribution in [2.24, 2.45) is 7.05 Å². The van der Waals surface area contributed by atoms with E-state index < -0.39 is 0 Å². The Morgan fingerprint density at radius 1 is 1.14 bits per heavy atom. The summed E-state index contributed by atoms with van der Waals surface area (Å²) in [5, 5.41) is 11.6. The van der Waals surface area contributed by atoms with Crippen LogP contribution in [0.15, 0.2) is 24.4 Å². The Morgan fingerprint density at radius 3 is 2.52 bits per heavy atom. The highest BCUT2D eigenvalue weighted by Gasteiger charge is 2.14. The van der Waals surface area contributed by atoms with E-state index in [0.717, 1.165) is 22.8 Å². The molecule has 0 amide bonds. The first-order valence-electron chi connectivity index (χ1n) is 6.73. The zero-order chi connectivity index (χ0) is 15.1. The first-order valence-corrected chi connectivity index (χ1v) is 7.14. The summed E-state index contributed by atoms with van der Waals surface area (Å²) < 4.78 is 4.38. The van der Waals surface area contributed by atoms with Crippen molar-refractivity contribution in [2.45, 2.75) is 20.8 Å². The molecule has 0 spiro atoms. The zero-order valence-electron chi connectivity index (χ0n) is 12.5. The summed E-state index contributed by atoms with van der Waals surface area (Å²) in [5.74, 6) is 0.799. The Balaban J connectivity index is 2.13. The lowest BCUT2D eigenvalue weighted by Crippen LogP contribution is -2.00. The van der Waals surface area contributed by atoms with Gasteiger partial charge < -0.3 is 4.57 Å². The number of hydrogen-bond acceptors (Lipinski definition) is 3. The molecule has 0 saturated carbocycles. The molecule has 0 saturated heterocycles. The van der Waals surface area contributed by atoms with Crippen LogP contribution in [-0.2, 0) is 7.05 Å². The Kier molecular flexibility index (Phi) is 3.25. The van der Waals surface area contributed by atoms with Gasteiger partial charge >= 0.3 is 0 Å². The number of aromatic amines is 1. The number of H-pyrrole nitrogens is 1. The zero-order valence-corrected chi connectivity index (χ0v) is 13.3. The number of nitrogens with zero attached hydrogens (tertiary/aromatic N) is 4. The van der Waals surface area contributed by atoms with Crippen molar-refractivity contribution in [1.29, 1.82) is 0 Å². The van der Waals surface area contributed by atoms with Crippen LogP contribution < -0.4 is 0 Å². The Labute approximate surface area is 128 Å². The molecule has 3 aromatic rings. The number of aromatic nitrogens is 5. The van der Waals surface area contributed by atoms with E-state index in [1.807, 2.05) is 29.4 Å². The smallest absolute Gasteiger partial charge is 0.195 e. The minimum atomic E-state index is 0.600. The summed E-state index contributed by atoms with van der Waals surface area (Å²) in [4.78, 5) is 0. The molecule has 108 valence electrons. The van der Waals surface area contributed by atoms with Gasteiger partial charge in [0, 0.05) is 7.05 Å².